The van der Waals surface area contributed by atoms with Gasteiger partial charge in [0.1, 0.15) is 11.5 Å². The number of aromatic nitrogens is 1. The Labute approximate surface area is 161 Å². The van der Waals surface area contributed by atoms with Crippen molar-refractivity contribution >= 4 is 22.4 Å². The number of para-hydroxylation sites is 1. The largest absolute Gasteiger partial charge is 0.481 e. The summed E-state index contributed by atoms with van der Waals surface area (Å²) in [5, 5.41) is 12.2. The predicted octanol–water partition coefficient (Wildman–Crippen LogP) is 4.90. The standard InChI is InChI=1S/C21H20N2O3S/c24-20(25)16-5-4-12-23(13-16)21-22-19(14-27-21)15-8-10-18(11-9-15)26-17-6-2-1-3-7-17/h1-3,6-11,14,16H,4-5,12-13H2,(H,24,25)/t16-/m0/s1. The van der Waals surface area contributed by atoms with Gasteiger partial charge in [0, 0.05) is 24.0 Å². The van der Waals surface area contributed by atoms with Gasteiger partial charge in [-0.25, -0.2) is 4.98 Å². The topological polar surface area (TPSA) is 62.7 Å². The number of hydrogen-bond acceptors (Lipinski definition) is 5. The first-order valence-electron chi connectivity index (χ1n) is 8.95. The zero-order chi connectivity index (χ0) is 18.6. The zero-order valence-corrected chi connectivity index (χ0v) is 15.6. The van der Waals surface area contributed by atoms with Crippen molar-refractivity contribution in [3.8, 4) is 22.8 Å². The predicted molar refractivity (Wildman–Crippen MR) is 107 cm³/mol. The van der Waals surface area contributed by atoms with Crippen LogP contribution in [0.25, 0.3) is 11.3 Å². The molecule has 1 aromatic heterocycles. The molecule has 138 valence electrons. The highest BCUT2D eigenvalue weighted by atomic mass is 32.1. The second-order valence-electron chi connectivity index (χ2n) is 6.58. The molecule has 0 amide bonds. The average molecular weight is 380 g/mol. The van der Waals surface area contributed by atoms with Crippen molar-refractivity contribution in [1.29, 1.82) is 0 Å². The van der Waals surface area contributed by atoms with E-state index in [1.807, 2.05) is 60.0 Å². The van der Waals surface area contributed by atoms with Crippen LogP contribution >= 0.6 is 11.3 Å². The molecule has 1 fully saturated rings. The normalized spacial score (nSPS) is 16.9. The Balaban J connectivity index is 1.46. The van der Waals surface area contributed by atoms with Gasteiger partial charge in [0.25, 0.3) is 0 Å². The summed E-state index contributed by atoms with van der Waals surface area (Å²) in [6.45, 7) is 1.40. The maximum atomic E-state index is 11.3. The van der Waals surface area contributed by atoms with E-state index in [1.165, 1.54) is 0 Å². The monoisotopic (exact) mass is 380 g/mol. The summed E-state index contributed by atoms with van der Waals surface area (Å²) in [5.74, 6) is 0.561. The second kappa shape index (κ2) is 7.80. The molecule has 1 N–H and O–H groups in total. The lowest BCUT2D eigenvalue weighted by Gasteiger charge is -2.30. The Morgan fingerprint density at radius 2 is 1.85 bits per heavy atom. The van der Waals surface area contributed by atoms with Gasteiger partial charge in [0.05, 0.1) is 11.6 Å². The number of aliphatic carboxylic acids is 1. The summed E-state index contributed by atoms with van der Waals surface area (Å²) in [7, 11) is 0. The lowest BCUT2D eigenvalue weighted by molar-refractivity contribution is -0.141. The molecule has 3 aromatic rings. The molecule has 6 heteroatoms. The van der Waals surface area contributed by atoms with E-state index in [1.54, 1.807) is 11.3 Å². The SMILES string of the molecule is O=C(O)[C@H]1CCCN(c2nc(-c3ccc(Oc4ccccc4)cc3)cs2)C1. The van der Waals surface area contributed by atoms with Crippen molar-refractivity contribution in [1.82, 2.24) is 4.98 Å². The van der Waals surface area contributed by atoms with Crippen molar-refractivity contribution in [3.63, 3.8) is 0 Å². The first-order valence-corrected chi connectivity index (χ1v) is 9.83. The Morgan fingerprint density at radius 3 is 2.59 bits per heavy atom. The minimum Gasteiger partial charge on any atom is -0.481 e. The van der Waals surface area contributed by atoms with Crippen LogP contribution in [0.1, 0.15) is 12.8 Å². The van der Waals surface area contributed by atoms with Gasteiger partial charge >= 0.3 is 5.97 Å². The number of thiazole rings is 1. The molecule has 5 nitrogen and oxygen atoms in total. The van der Waals surface area contributed by atoms with Crippen LogP contribution in [-0.2, 0) is 4.79 Å². The molecule has 2 aromatic carbocycles. The van der Waals surface area contributed by atoms with E-state index in [0.29, 0.717) is 6.54 Å². The molecule has 2 heterocycles. The van der Waals surface area contributed by atoms with Gasteiger partial charge in [-0.05, 0) is 49.2 Å². The number of ether oxygens (including phenoxy) is 1. The number of carboxylic acids is 1. The molecule has 27 heavy (non-hydrogen) atoms. The van der Waals surface area contributed by atoms with Crippen LogP contribution in [0.15, 0.2) is 60.0 Å². The Kier molecular flexibility index (Phi) is 5.07. The highest BCUT2D eigenvalue weighted by Crippen LogP contribution is 2.31. The average Bonchev–Trinajstić information content (AvgIpc) is 3.20. The number of anilines is 1. The van der Waals surface area contributed by atoms with Crippen molar-refractivity contribution < 1.29 is 14.6 Å². The van der Waals surface area contributed by atoms with Crippen molar-refractivity contribution in [2.24, 2.45) is 5.92 Å². The van der Waals surface area contributed by atoms with Crippen LogP contribution in [0, 0.1) is 5.92 Å². The van der Waals surface area contributed by atoms with E-state index >= 15 is 0 Å². The summed E-state index contributed by atoms with van der Waals surface area (Å²) in [5.41, 5.74) is 1.92. The van der Waals surface area contributed by atoms with Crippen LogP contribution in [-0.4, -0.2) is 29.1 Å². The fraction of sp³-hybridized carbons (Fsp3) is 0.238. The fourth-order valence-corrected chi connectivity index (χ4v) is 4.08. The van der Waals surface area contributed by atoms with Gasteiger partial charge in [-0.15, -0.1) is 11.3 Å². The van der Waals surface area contributed by atoms with Crippen molar-refractivity contribution in [3.05, 3.63) is 60.0 Å². The molecular formula is C21H20N2O3S. The van der Waals surface area contributed by atoms with Crippen LogP contribution in [0.5, 0.6) is 11.5 Å². The fourth-order valence-electron chi connectivity index (χ4n) is 3.21. The third-order valence-electron chi connectivity index (χ3n) is 4.66. The third kappa shape index (κ3) is 4.11. The zero-order valence-electron chi connectivity index (χ0n) is 14.7. The molecule has 1 aliphatic rings. The first-order chi connectivity index (χ1) is 13.2. The maximum Gasteiger partial charge on any atom is 0.308 e. The number of nitrogens with zero attached hydrogens (tertiary/aromatic N) is 2. The summed E-state index contributed by atoms with van der Waals surface area (Å²) >= 11 is 1.56. The molecule has 0 unspecified atom stereocenters. The number of carboxylic acid groups (broad SMARTS) is 1. The second-order valence-corrected chi connectivity index (χ2v) is 7.41. The van der Waals surface area contributed by atoms with Crippen LogP contribution in [0.4, 0.5) is 5.13 Å². The molecule has 4 rings (SSSR count). The Bertz CT molecular complexity index is 909. The van der Waals surface area contributed by atoms with Crippen LogP contribution < -0.4 is 9.64 Å². The lowest BCUT2D eigenvalue weighted by Crippen LogP contribution is -2.38. The minimum absolute atomic E-state index is 0.305. The van der Waals surface area contributed by atoms with Gasteiger partial charge in [-0.2, -0.15) is 0 Å². The minimum atomic E-state index is -0.717. The summed E-state index contributed by atoms with van der Waals surface area (Å²) < 4.78 is 5.82. The lowest BCUT2D eigenvalue weighted by atomic mass is 9.99. The summed E-state index contributed by atoms with van der Waals surface area (Å²) in [6.07, 6.45) is 1.63. The van der Waals surface area contributed by atoms with Crippen molar-refractivity contribution in [2.45, 2.75) is 12.8 Å². The van der Waals surface area contributed by atoms with E-state index < -0.39 is 5.97 Å². The molecular weight excluding hydrogens is 360 g/mol. The Morgan fingerprint density at radius 1 is 1.11 bits per heavy atom. The number of rotatable bonds is 5. The molecule has 0 radical (unpaired) electrons. The van der Waals surface area contributed by atoms with E-state index in [0.717, 1.165) is 47.3 Å². The smallest absolute Gasteiger partial charge is 0.308 e. The molecule has 0 saturated carbocycles. The van der Waals surface area contributed by atoms with E-state index in [2.05, 4.69) is 4.90 Å². The van der Waals surface area contributed by atoms with Crippen LogP contribution in [0.2, 0.25) is 0 Å². The van der Waals surface area contributed by atoms with Gasteiger partial charge < -0.3 is 14.7 Å². The van der Waals surface area contributed by atoms with Gasteiger partial charge in [-0.3, -0.25) is 4.79 Å². The molecule has 0 bridgehead atoms. The maximum absolute atomic E-state index is 11.3. The molecule has 1 atom stereocenters. The first kappa shape index (κ1) is 17.5. The molecule has 0 aliphatic carbocycles. The number of carbonyl (C=O) groups is 1. The summed E-state index contributed by atoms with van der Waals surface area (Å²) in [4.78, 5) is 18.1. The quantitative estimate of drug-likeness (QED) is 0.682. The number of benzene rings is 2. The Hall–Kier alpha value is -2.86. The van der Waals surface area contributed by atoms with Gasteiger partial charge in [0.2, 0.25) is 0 Å². The molecule has 1 saturated heterocycles. The van der Waals surface area contributed by atoms with Gasteiger partial charge in [0.15, 0.2) is 5.13 Å². The van der Waals surface area contributed by atoms with Crippen LogP contribution in [0.3, 0.4) is 0 Å². The van der Waals surface area contributed by atoms with E-state index in [-0.39, 0.29) is 5.92 Å². The highest BCUT2D eigenvalue weighted by Gasteiger charge is 2.26. The number of hydrogen-bond donors (Lipinski definition) is 1. The van der Waals surface area contributed by atoms with Gasteiger partial charge in [-0.1, -0.05) is 18.2 Å². The van der Waals surface area contributed by atoms with E-state index in [9.17, 15) is 9.90 Å². The third-order valence-corrected chi connectivity index (χ3v) is 5.56. The highest BCUT2D eigenvalue weighted by molar-refractivity contribution is 7.14. The van der Waals surface area contributed by atoms with Crippen molar-refractivity contribution in [2.75, 3.05) is 18.0 Å². The molecule has 0 spiro atoms. The summed E-state index contributed by atoms with van der Waals surface area (Å²) in [6, 6.07) is 17.5. The van der Waals surface area contributed by atoms with E-state index in [4.69, 9.17) is 9.72 Å². The number of piperidine rings is 1. The molecule has 1 aliphatic heterocycles.